The summed E-state index contributed by atoms with van der Waals surface area (Å²) in [6.45, 7) is 1.89. The molecular formula is C13H16BrNO3. The molecule has 1 fully saturated rings. The zero-order valence-corrected chi connectivity index (χ0v) is 11.6. The fourth-order valence-electron chi connectivity index (χ4n) is 2.04. The second-order valence-electron chi connectivity index (χ2n) is 4.48. The molecule has 0 unspecified atom stereocenters. The molecule has 2 rings (SSSR count). The van der Waals surface area contributed by atoms with E-state index in [0.717, 1.165) is 23.1 Å². The van der Waals surface area contributed by atoms with Crippen molar-refractivity contribution < 1.29 is 14.6 Å². The Kier molecular flexibility index (Phi) is 4.47. The zero-order valence-electron chi connectivity index (χ0n) is 10.0. The van der Waals surface area contributed by atoms with E-state index in [4.69, 9.17) is 9.84 Å². The van der Waals surface area contributed by atoms with E-state index in [1.807, 2.05) is 24.3 Å². The van der Waals surface area contributed by atoms with Crippen LogP contribution < -0.4 is 4.74 Å². The molecule has 0 radical (unpaired) electrons. The third-order valence-corrected chi connectivity index (χ3v) is 3.71. The van der Waals surface area contributed by atoms with Crippen molar-refractivity contribution in [2.24, 2.45) is 5.92 Å². The van der Waals surface area contributed by atoms with Gasteiger partial charge < -0.3 is 14.7 Å². The van der Waals surface area contributed by atoms with Gasteiger partial charge in [-0.2, -0.15) is 0 Å². The number of halogens is 1. The lowest BCUT2D eigenvalue weighted by atomic mass is 9.98. The third kappa shape index (κ3) is 3.63. The Morgan fingerprint density at radius 2 is 1.94 bits per heavy atom. The highest BCUT2D eigenvalue weighted by Gasteiger charge is 2.22. The SMILES string of the molecule is O=C(O)N1CCC(COc2ccc(Br)cc2)CC1. The number of rotatable bonds is 3. The van der Waals surface area contributed by atoms with Crippen LogP contribution in [0.1, 0.15) is 12.8 Å². The number of carbonyl (C=O) groups is 1. The van der Waals surface area contributed by atoms with Gasteiger partial charge in [0.2, 0.25) is 0 Å². The van der Waals surface area contributed by atoms with Crippen LogP contribution >= 0.6 is 15.9 Å². The lowest BCUT2D eigenvalue weighted by Crippen LogP contribution is -2.38. The summed E-state index contributed by atoms with van der Waals surface area (Å²) in [7, 11) is 0. The monoisotopic (exact) mass is 313 g/mol. The molecule has 0 saturated carbocycles. The predicted octanol–water partition coefficient (Wildman–Crippen LogP) is 3.22. The quantitative estimate of drug-likeness (QED) is 0.932. The Morgan fingerprint density at radius 3 is 2.50 bits per heavy atom. The summed E-state index contributed by atoms with van der Waals surface area (Å²) in [5.74, 6) is 1.31. The Morgan fingerprint density at radius 1 is 1.33 bits per heavy atom. The number of benzene rings is 1. The summed E-state index contributed by atoms with van der Waals surface area (Å²) in [5.41, 5.74) is 0. The van der Waals surface area contributed by atoms with Gasteiger partial charge in [0.05, 0.1) is 6.61 Å². The molecule has 1 amide bonds. The highest BCUT2D eigenvalue weighted by molar-refractivity contribution is 9.10. The number of hydrogen-bond donors (Lipinski definition) is 1. The molecule has 1 aromatic carbocycles. The molecule has 1 saturated heterocycles. The maximum Gasteiger partial charge on any atom is 0.407 e. The Labute approximate surface area is 115 Å². The van der Waals surface area contributed by atoms with Crippen LogP contribution in [0.2, 0.25) is 0 Å². The van der Waals surface area contributed by atoms with E-state index in [1.165, 1.54) is 4.90 Å². The van der Waals surface area contributed by atoms with E-state index in [1.54, 1.807) is 0 Å². The minimum Gasteiger partial charge on any atom is -0.493 e. The molecule has 4 nitrogen and oxygen atoms in total. The van der Waals surface area contributed by atoms with E-state index < -0.39 is 6.09 Å². The number of likely N-dealkylation sites (tertiary alicyclic amines) is 1. The van der Waals surface area contributed by atoms with Crippen LogP contribution in [0.15, 0.2) is 28.7 Å². The maximum absolute atomic E-state index is 10.8. The van der Waals surface area contributed by atoms with Crippen molar-refractivity contribution in [1.29, 1.82) is 0 Å². The standard InChI is InChI=1S/C13H16BrNO3/c14-11-1-3-12(4-2-11)18-9-10-5-7-15(8-6-10)13(16)17/h1-4,10H,5-9H2,(H,16,17). The summed E-state index contributed by atoms with van der Waals surface area (Å²) in [4.78, 5) is 12.2. The van der Waals surface area contributed by atoms with E-state index >= 15 is 0 Å². The van der Waals surface area contributed by atoms with Gasteiger partial charge in [0.25, 0.3) is 0 Å². The lowest BCUT2D eigenvalue weighted by molar-refractivity contribution is 0.111. The number of carboxylic acid groups (broad SMARTS) is 1. The highest BCUT2D eigenvalue weighted by Crippen LogP contribution is 2.20. The largest absolute Gasteiger partial charge is 0.493 e. The molecule has 98 valence electrons. The predicted molar refractivity (Wildman–Crippen MR) is 72.0 cm³/mol. The van der Waals surface area contributed by atoms with Crippen molar-refractivity contribution in [3.8, 4) is 5.75 Å². The van der Waals surface area contributed by atoms with Crippen LogP contribution in [-0.2, 0) is 0 Å². The molecule has 1 heterocycles. The van der Waals surface area contributed by atoms with Crippen molar-refractivity contribution in [1.82, 2.24) is 4.90 Å². The van der Waals surface area contributed by atoms with Crippen molar-refractivity contribution in [3.05, 3.63) is 28.7 Å². The molecule has 18 heavy (non-hydrogen) atoms. The van der Waals surface area contributed by atoms with Crippen LogP contribution in [0.25, 0.3) is 0 Å². The van der Waals surface area contributed by atoms with E-state index in [0.29, 0.717) is 25.6 Å². The lowest BCUT2D eigenvalue weighted by Gasteiger charge is -2.29. The first-order chi connectivity index (χ1) is 8.65. The minimum atomic E-state index is -0.817. The van der Waals surface area contributed by atoms with E-state index in [2.05, 4.69) is 15.9 Å². The average molecular weight is 314 g/mol. The Bertz CT molecular complexity index is 399. The molecule has 0 spiro atoms. The first-order valence-electron chi connectivity index (χ1n) is 6.01. The van der Waals surface area contributed by atoms with Crippen LogP contribution in [0.4, 0.5) is 4.79 Å². The molecule has 0 aliphatic carbocycles. The third-order valence-electron chi connectivity index (χ3n) is 3.18. The molecule has 0 aromatic heterocycles. The van der Waals surface area contributed by atoms with Crippen LogP contribution in [0, 0.1) is 5.92 Å². The van der Waals surface area contributed by atoms with Gasteiger partial charge >= 0.3 is 6.09 Å². The first-order valence-corrected chi connectivity index (χ1v) is 6.80. The van der Waals surface area contributed by atoms with E-state index in [9.17, 15) is 4.79 Å². The van der Waals surface area contributed by atoms with Crippen LogP contribution in [0.5, 0.6) is 5.75 Å². The van der Waals surface area contributed by atoms with E-state index in [-0.39, 0.29) is 0 Å². The molecule has 0 bridgehead atoms. The fourth-order valence-corrected chi connectivity index (χ4v) is 2.30. The molecule has 1 aromatic rings. The summed E-state index contributed by atoms with van der Waals surface area (Å²) < 4.78 is 6.74. The summed E-state index contributed by atoms with van der Waals surface area (Å²) in [6.07, 6.45) is 0.938. The summed E-state index contributed by atoms with van der Waals surface area (Å²) >= 11 is 3.38. The number of piperidine rings is 1. The van der Waals surface area contributed by atoms with Gasteiger partial charge in [0, 0.05) is 17.6 Å². The normalized spacial score (nSPS) is 16.6. The number of ether oxygens (including phenoxy) is 1. The van der Waals surface area contributed by atoms with Gasteiger partial charge in [-0.15, -0.1) is 0 Å². The van der Waals surface area contributed by atoms with Crippen molar-refractivity contribution >= 4 is 22.0 Å². The Hall–Kier alpha value is -1.23. The Balaban J connectivity index is 1.75. The smallest absolute Gasteiger partial charge is 0.407 e. The van der Waals surface area contributed by atoms with Gasteiger partial charge in [0.15, 0.2) is 0 Å². The number of amides is 1. The van der Waals surface area contributed by atoms with Gasteiger partial charge in [-0.05, 0) is 43.0 Å². The first kappa shape index (κ1) is 13.2. The minimum absolute atomic E-state index is 0.448. The van der Waals surface area contributed by atoms with Gasteiger partial charge in [-0.25, -0.2) is 4.79 Å². The summed E-state index contributed by atoms with van der Waals surface area (Å²) in [6, 6.07) is 7.75. The van der Waals surface area contributed by atoms with Crippen LogP contribution in [-0.4, -0.2) is 35.8 Å². The van der Waals surface area contributed by atoms with Gasteiger partial charge in [-0.3, -0.25) is 0 Å². The van der Waals surface area contributed by atoms with Gasteiger partial charge in [-0.1, -0.05) is 15.9 Å². The van der Waals surface area contributed by atoms with Crippen LogP contribution in [0.3, 0.4) is 0 Å². The molecule has 5 heteroatoms. The molecule has 1 aliphatic heterocycles. The topological polar surface area (TPSA) is 49.8 Å². The molecular weight excluding hydrogens is 298 g/mol. The van der Waals surface area contributed by atoms with Crippen molar-refractivity contribution in [2.45, 2.75) is 12.8 Å². The molecule has 1 aliphatic rings. The fraction of sp³-hybridized carbons (Fsp3) is 0.462. The average Bonchev–Trinajstić information content (AvgIpc) is 2.38. The second kappa shape index (κ2) is 6.09. The molecule has 0 atom stereocenters. The van der Waals surface area contributed by atoms with Gasteiger partial charge in [0.1, 0.15) is 5.75 Å². The van der Waals surface area contributed by atoms with Crippen molar-refractivity contribution in [3.63, 3.8) is 0 Å². The number of hydrogen-bond acceptors (Lipinski definition) is 2. The number of nitrogens with zero attached hydrogens (tertiary/aromatic N) is 1. The zero-order chi connectivity index (χ0) is 13.0. The summed E-state index contributed by atoms with van der Waals surface area (Å²) in [5, 5.41) is 8.85. The highest BCUT2D eigenvalue weighted by atomic mass is 79.9. The maximum atomic E-state index is 10.8. The second-order valence-corrected chi connectivity index (χ2v) is 5.39. The van der Waals surface area contributed by atoms with Crippen molar-refractivity contribution in [2.75, 3.05) is 19.7 Å². The molecule has 1 N–H and O–H groups in total.